The largest absolute Gasteiger partial charge is 0.505 e. The van der Waals surface area contributed by atoms with Crippen LogP contribution >= 0.6 is 0 Å². The highest BCUT2D eigenvalue weighted by Crippen LogP contribution is 2.40. The van der Waals surface area contributed by atoms with Crippen molar-refractivity contribution in [3.63, 3.8) is 0 Å². The van der Waals surface area contributed by atoms with Crippen molar-refractivity contribution in [2.75, 3.05) is 5.32 Å². The Morgan fingerprint density at radius 1 is 1.05 bits per heavy atom. The summed E-state index contributed by atoms with van der Waals surface area (Å²) in [7, 11) is 0. The van der Waals surface area contributed by atoms with E-state index in [1.54, 1.807) is 24.3 Å². The lowest BCUT2D eigenvalue weighted by Crippen LogP contribution is -2.13. The number of amides is 1. The third kappa shape index (κ3) is 4.49. The maximum absolute atomic E-state index is 13.2. The topological polar surface area (TPSA) is 141 Å². The Balaban J connectivity index is 1.60. The molecular weight excluding hydrogens is 468 g/mol. The zero-order valence-electron chi connectivity index (χ0n) is 19.9. The predicted molar refractivity (Wildman–Crippen MR) is 138 cm³/mol. The Hall–Kier alpha value is -5.43. The minimum absolute atomic E-state index is 0.0352. The minimum Gasteiger partial charge on any atom is -0.505 e. The molecular formula is C27H20N8O2. The molecule has 10 heteroatoms. The van der Waals surface area contributed by atoms with Gasteiger partial charge < -0.3 is 10.4 Å². The molecule has 0 aliphatic heterocycles. The highest BCUT2D eigenvalue weighted by atomic mass is 16.3. The number of nitriles is 1. The Labute approximate surface area is 211 Å². The van der Waals surface area contributed by atoms with Crippen molar-refractivity contribution in [2.45, 2.75) is 13.8 Å². The first-order valence-electron chi connectivity index (χ1n) is 11.3. The molecule has 0 bridgehead atoms. The molecule has 2 heterocycles. The molecule has 2 aromatic heterocycles. The number of aryl methyl sites for hydroxylation is 2. The number of azo groups is 1. The van der Waals surface area contributed by atoms with E-state index in [4.69, 9.17) is 0 Å². The van der Waals surface area contributed by atoms with E-state index in [0.29, 0.717) is 16.5 Å². The summed E-state index contributed by atoms with van der Waals surface area (Å²) in [4.78, 5) is 21.5. The molecule has 5 aromatic rings. The third-order valence-corrected chi connectivity index (χ3v) is 5.72. The van der Waals surface area contributed by atoms with Crippen LogP contribution in [0.5, 0.6) is 5.75 Å². The number of carbonyl (C=O) groups is 1. The van der Waals surface area contributed by atoms with Gasteiger partial charge in [-0.2, -0.15) is 15.0 Å². The van der Waals surface area contributed by atoms with Crippen LogP contribution in [0.25, 0.3) is 16.7 Å². The summed E-state index contributed by atoms with van der Waals surface area (Å²) in [6.07, 6.45) is 4.40. The molecule has 1 amide bonds. The average Bonchev–Trinajstić information content (AvgIpc) is 3.33. The van der Waals surface area contributed by atoms with Gasteiger partial charge in [-0.15, -0.1) is 10.2 Å². The number of benzene rings is 3. The van der Waals surface area contributed by atoms with Gasteiger partial charge in [0.25, 0.3) is 11.9 Å². The van der Waals surface area contributed by atoms with Crippen molar-refractivity contribution in [3.05, 3.63) is 95.4 Å². The van der Waals surface area contributed by atoms with E-state index in [2.05, 4.69) is 30.6 Å². The molecule has 5 rings (SSSR count). The lowest BCUT2D eigenvalue weighted by atomic mass is 10.0. The molecule has 0 saturated carbocycles. The van der Waals surface area contributed by atoms with Crippen molar-refractivity contribution in [1.82, 2.24) is 19.7 Å². The van der Waals surface area contributed by atoms with Crippen LogP contribution in [0.1, 0.15) is 27.0 Å². The average molecular weight is 489 g/mol. The Morgan fingerprint density at radius 2 is 1.84 bits per heavy atom. The fraction of sp³-hybridized carbons (Fsp3) is 0.0741. The number of rotatable bonds is 5. The molecule has 0 saturated heterocycles. The summed E-state index contributed by atoms with van der Waals surface area (Å²) in [5.74, 6) is -0.548. The number of aromatic nitrogens is 4. The van der Waals surface area contributed by atoms with E-state index < -0.39 is 5.91 Å². The van der Waals surface area contributed by atoms with Gasteiger partial charge in [0.15, 0.2) is 11.6 Å². The molecule has 180 valence electrons. The van der Waals surface area contributed by atoms with Crippen molar-refractivity contribution in [2.24, 2.45) is 10.2 Å². The third-order valence-electron chi connectivity index (χ3n) is 5.72. The van der Waals surface area contributed by atoms with Crippen LogP contribution in [-0.4, -0.2) is 30.8 Å². The first-order valence-corrected chi connectivity index (χ1v) is 11.3. The zero-order valence-corrected chi connectivity index (χ0v) is 19.9. The number of phenols is 1. The lowest BCUT2D eigenvalue weighted by molar-refractivity contribution is 0.102. The number of hydrogen-bond donors (Lipinski definition) is 2. The molecule has 0 unspecified atom stereocenters. The fourth-order valence-electron chi connectivity index (χ4n) is 3.90. The van der Waals surface area contributed by atoms with Gasteiger partial charge in [-0.25, -0.2) is 9.97 Å². The fourth-order valence-corrected chi connectivity index (χ4v) is 3.90. The van der Waals surface area contributed by atoms with E-state index >= 15 is 0 Å². The van der Waals surface area contributed by atoms with Crippen LogP contribution in [-0.2, 0) is 0 Å². The molecule has 37 heavy (non-hydrogen) atoms. The van der Waals surface area contributed by atoms with Crippen LogP contribution in [0.3, 0.4) is 0 Å². The van der Waals surface area contributed by atoms with Crippen molar-refractivity contribution >= 4 is 33.9 Å². The summed E-state index contributed by atoms with van der Waals surface area (Å²) >= 11 is 0. The molecule has 0 fully saturated rings. The zero-order chi connectivity index (χ0) is 25.9. The standard InChI is InChI=1S/C27H20N8O2/c1-16-8-9-22(17(2)12-16)32-26(37)21-13-18-6-3-4-7-20(18)23(24(21)36)33-34-25-19(14-28)15-31-35(25)27-29-10-5-11-30-27/h3-13,15,36H,1-2H3,(H,32,37)/b34-33+. The number of fused-ring (bicyclic) bond motifs is 1. The first-order chi connectivity index (χ1) is 18.0. The van der Waals surface area contributed by atoms with Gasteiger partial charge in [-0.05, 0) is 43.0 Å². The normalized spacial score (nSPS) is 11.1. The van der Waals surface area contributed by atoms with Crippen molar-refractivity contribution in [3.8, 4) is 17.8 Å². The molecule has 0 spiro atoms. The molecule has 3 aromatic carbocycles. The second kappa shape index (κ2) is 9.67. The van der Waals surface area contributed by atoms with Crippen LogP contribution in [0, 0.1) is 25.2 Å². The lowest BCUT2D eigenvalue weighted by Gasteiger charge is -2.13. The second-order valence-corrected chi connectivity index (χ2v) is 8.27. The molecule has 0 aliphatic carbocycles. The summed E-state index contributed by atoms with van der Waals surface area (Å²) in [6, 6.07) is 18.1. The molecule has 0 radical (unpaired) electrons. The number of nitrogens with zero attached hydrogens (tertiary/aromatic N) is 7. The number of anilines is 1. The highest BCUT2D eigenvalue weighted by molar-refractivity contribution is 6.12. The van der Waals surface area contributed by atoms with Crippen LogP contribution < -0.4 is 5.32 Å². The molecule has 2 N–H and O–H groups in total. The summed E-state index contributed by atoms with van der Waals surface area (Å²) < 4.78 is 1.28. The number of nitrogens with one attached hydrogen (secondary N) is 1. The van der Waals surface area contributed by atoms with Crippen LogP contribution in [0.15, 0.2) is 83.4 Å². The first kappa shape index (κ1) is 23.3. The summed E-state index contributed by atoms with van der Waals surface area (Å²) in [5, 5.41) is 37.5. The quantitative estimate of drug-likeness (QED) is 0.305. The van der Waals surface area contributed by atoms with Gasteiger partial charge >= 0.3 is 0 Å². The van der Waals surface area contributed by atoms with E-state index in [9.17, 15) is 15.2 Å². The minimum atomic E-state index is -0.493. The SMILES string of the molecule is Cc1ccc(NC(=O)c2cc3ccccc3c(/N=N/c3c(C#N)cnn3-c3ncccn3)c2O)c(C)c1. The van der Waals surface area contributed by atoms with E-state index in [0.717, 1.165) is 11.1 Å². The van der Waals surface area contributed by atoms with Gasteiger partial charge in [0.1, 0.15) is 17.3 Å². The highest BCUT2D eigenvalue weighted by Gasteiger charge is 2.20. The number of hydrogen-bond acceptors (Lipinski definition) is 8. The van der Waals surface area contributed by atoms with Crippen LogP contribution in [0.4, 0.5) is 17.2 Å². The molecule has 0 aliphatic rings. The van der Waals surface area contributed by atoms with E-state index in [1.165, 1.54) is 23.3 Å². The molecule has 0 atom stereocenters. The second-order valence-electron chi connectivity index (χ2n) is 8.27. The maximum Gasteiger partial charge on any atom is 0.259 e. The number of phenolic OH excluding ortho intramolecular Hbond substituents is 1. The Bertz CT molecular complexity index is 1720. The Kier molecular flexibility index (Phi) is 6.10. The monoisotopic (exact) mass is 488 g/mol. The summed E-state index contributed by atoms with van der Waals surface area (Å²) in [6.45, 7) is 3.87. The Morgan fingerprint density at radius 3 is 2.59 bits per heavy atom. The van der Waals surface area contributed by atoms with Gasteiger partial charge in [-0.3, -0.25) is 4.79 Å². The van der Waals surface area contributed by atoms with Gasteiger partial charge in [0.2, 0.25) is 0 Å². The van der Waals surface area contributed by atoms with Crippen LogP contribution in [0.2, 0.25) is 0 Å². The number of aromatic hydroxyl groups is 1. The van der Waals surface area contributed by atoms with E-state index in [-0.39, 0.29) is 34.3 Å². The van der Waals surface area contributed by atoms with E-state index in [1.807, 2.05) is 50.2 Å². The smallest absolute Gasteiger partial charge is 0.259 e. The van der Waals surface area contributed by atoms with Gasteiger partial charge in [-0.1, -0.05) is 42.0 Å². The predicted octanol–water partition coefficient (Wildman–Crippen LogP) is 5.68. The molecule has 10 nitrogen and oxygen atoms in total. The van der Waals surface area contributed by atoms with Crippen molar-refractivity contribution < 1.29 is 9.90 Å². The van der Waals surface area contributed by atoms with Gasteiger partial charge in [0, 0.05) is 23.5 Å². The maximum atomic E-state index is 13.2. The van der Waals surface area contributed by atoms with Crippen molar-refractivity contribution in [1.29, 1.82) is 5.26 Å². The summed E-state index contributed by atoms with van der Waals surface area (Å²) in [5.41, 5.74) is 2.86. The number of carbonyl (C=O) groups excluding carboxylic acids is 1. The van der Waals surface area contributed by atoms with Gasteiger partial charge in [0.05, 0.1) is 11.8 Å².